The molecule has 0 rings (SSSR count). The van der Waals surface area contributed by atoms with Gasteiger partial charge in [0.1, 0.15) is 6.10 Å². The molecule has 0 fully saturated rings. The Morgan fingerprint density at radius 1 is 0.581 bits per heavy atom. The molecule has 1 atom stereocenters. The van der Waals surface area contributed by atoms with E-state index in [0.29, 0.717) is 25.7 Å². The van der Waals surface area contributed by atoms with Crippen LogP contribution < -0.4 is 0 Å². The smallest absolute Gasteiger partial charge is 0.387 e. The number of hydrogen-bond acceptors (Lipinski definition) is 1. The van der Waals surface area contributed by atoms with Crippen molar-refractivity contribution in [3.05, 3.63) is 12.7 Å². The van der Waals surface area contributed by atoms with E-state index in [1.165, 1.54) is 0 Å². The highest BCUT2D eigenvalue weighted by Crippen LogP contribution is 2.60. The lowest BCUT2D eigenvalue weighted by Gasteiger charge is -2.40. The number of aliphatic hydroxyl groups excluding tert-OH is 1. The van der Waals surface area contributed by atoms with Gasteiger partial charge < -0.3 is 5.11 Å². The molecule has 0 aliphatic carbocycles. The number of rotatable bonds is 14. The molecule has 0 saturated heterocycles. The first kappa shape index (κ1) is 29.8. The van der Waals surface area contributed by atoms with Crippen molar-refractivity contribution in [1.82, 2.24) is 0 Å². The highest BCUT2D eigenvalue weighted by atomic mass is 19.4. The van der Waals surface area contributed by atoms with Crippen molar-refractivity contribution in [1.29, 1.82) is 0 Å². The molecule has 0 radical (unpaired) electrons. The molecule has 0 heterocycles. The number of unbranched alkanes of at least 4 members (excludes halogenated alkanes) is 6. The third-order valence-electron chi connectivity index (χ3n) is 4.51. The normalized spacial score (nSPS) is 15.8. The second-order valence-corrected chi connectivity index (χ2v) is 6.92. The molecule has 1 N–H and O–H groups in total. The second-order valence-electron chi connectivity index (χ2n) is 6.92. The first-order valence-electron chi connectivity index (χ1n) is 8.98. The zero-order chi connectivity index (χ0) is 24.9. The van der Waals surface area contributed by atoms with E-state index < -0.39 is 54.7 Å². The minimum absolute atomic E-state index is 0.0471. The van der Waals surface area contributed by atoms with Gasteiger partial charge in [0.15, 0.2) is 0 Å². The molecule has 186 valence electrons. The minimum atomic E-state index is -7.95. The molecule has 0 aliphatic rings. The van der Waals surface area contributed by atoms with Crippen LogP contribution in [0.1, 0.15) is 51.4 Å². The number of aliphatic hydroxyl groups is 1. The Morgan fingerprint density at radius 3 is 1.39 bits per heavy atom. The summed E-state index contributed by atoms with van der Waals surface area (Å²) in [6, 6.07) is 0. The summed E-state index contributed by atoms with van der Waals surface area (Å²) in [7, 11) is 0. The van der Waals surface area contributed by atoms with Gasteiger partial charge in [-0.25, -0.2) is 0 Å². The maximum absolute atomic E-state index is 13.7. The molecule has 0 aromatic rings. The first-order valence-corrected chi connectivity index (χ1v) is 8.98. The lowest BCUT2D eigenvalue weighted by atomic mass is 9.90. The van der Waals surface area contributed by atoms with Crippen molar-refractivity contribution in [3.8, 4) is 0 Å². The molecule has 0 aromatic carbocycles. The van der Waals surface area contributed by atoms with Crippen LogP contribution >= 0.6 is 0 Å². The van der Waals surface area contributed by atoms with Crippen LogP contribution in [0.3, 0.4) is 0 Å². The van der Waals surface area contributed by atoms with E-state index in [9.17, 15) is 57.1 Å². The SMILES string of the molecule is C=CCCCCCCCCC(O)C(F)(F)C(F)(F)C(F)(F)C(F)(F)C(F)(F)C(F)(F)F. The maximum Gasteiger partial charge on any atom is 0.460 e. The molecule has 31 heavy (non-hydrogen) atoms. The molecule has 0 aliphatic heterocycles. The lowest BCUT2D eigenvalue weighted by Crippen LogP contribution is -2.71. The van der Waals surface area contributed by atoms with Crippen LogP contribution in [-0.2, 0) is 0 Å². The van der Waals surface area contributed by atoms with E-state index in [0.717, 1.165) is 6.42 Å². The summed E-state index contributed by atoms with van der Waals surface area (Å²) in [5.74, 6) is -37.5. The van der Waals surface area contributed by atoms with E-state index in [4.69, 9.17) is 5.11 Å². The maximum atomic E-state index is 13.7. The van der Waals surface area contributed by atoms with Gasteiger partial charge in [0, 0.05) is 0 Å². The molecule has 0 amide bonds. The fourth-order valence-corrected chi connectivity index (χ4v) is 2.51. The zero-order valence-electron chi connectivity index (χ0n) is 15.9. The summed E-state index contributed by atoms with van der Waals surface area (Å²) >= 11 is 0. The highest BCUT2D eigenvalue weighted by molar-refractivity contribution is 5.11. The van der Waals surface area contributed by atoms with Gasteiger partial charge in [-0.3, -0.25) is 0 Å². The fourth-order valence-electron chi connectivity index (χ4n) is 2.51. The lowest BCUT2D eigenvalue weighted by molar-refractivity contribution is -0.444. The van der Waals surface area contributed by atoms with Crippen LogP contribution in [-0.4, -0.2) is 47.0 Å². The average molecular weight is 488 g/mol. The van der Waals surface area contributed by atoms with E-state index in [2.05, 4.69) is 6.58 Å². The van der Waals surface area contributed by atoms with E-state index in [-0.39, 0.29) is 6.42 Å². The van der Waals surface area contributed by atoms with Crippen LogP contribution in [0.15, 0.2) is 12.7 Å². The standard InChI is InChI=1S/C17H21F13O/c1-2-3-4-5-6-7-8-9-10-11(31)12(18,19)13(20,21)14(22,23)15(24,25)16(26,27)17(28,29)30/h2,11,31H,1,3-10H2. The average Bonchev–Trinajstić information content (AvgIpc) is 2.61. The molecule has 14 heteroatoms. The van der Waals surface area contributed by atoms with Gasteiger partial charge in [-0.05, 0) is 19.3 Å². The molecule has 0 saturated carbocycles. The Kier molecular flexibility index (Phi) is 9.76. The van der Waals surface area contributed by atoms with E-state index in [1.54, 1.807) is 6.08 Å². The molecular weight excluding hydrogens is 467 g/mol. The van der Waals surface area contributed by atoms with Crippen LogP contribution in [0, 0.1) is 0 Å². The largest absolute Gasteiger partial charge is 0.460 e. The van der Waals surface area contributed by atoms with Crippen LogP contribution in [0.25, 0.3) is 0 Å². The predicted octanol–water partition coefficient (Wildman–Crippen LogP) is 7.39. The molecule has 0 bridgehead atoms. The Hall–Kier alpha value is -1.21. The van der Waals surface area contributed by atoms with Crippen molar-refractivity contribution in [2.24, 2.45) is 0 Å². The van der Waals surface area contributed by atoms with Crippen LogP contribution in [0.2, 0.25) is 0 Å². The Bertz CT molecular complexity index is 569. The van der Waals surface area contributed by atoms with Crippen LogP contribution in [0.5, 0.6) is 0 Å². The van der Waals surface area contributed by atoms with Gasteiger partial charge in [-0.15, -0.1) is 6.58 Å². The van der Waals surface area contributed by atoms with Crippen molar-refractivity contribution in [2.45, 2.75) is 93.3 Å². The van der Waals surface area contributed by atoms with Gasteiger partial charge in [-0.1, -0.05) is 38.2 Å². The van der Waals surface area contributed by atoms with Crippen molar-refractivity contribution in [2.75, 3.05) is 0 Å². The number of hydrogen-bond donors (Lipinski definition) is 1. The zero-order valence-corrected chi connectivity index (χ0v) is 15.9. The van der Waals surface area contributed by atoms with Crippen LogP contribution in [0.4, 0.5) is 57.1 Å². The van der Waals surface area contributed by atoms with Crippen molar-refractivity contribution in [3.63, 3.8) is 0 Å². The summed E-state index contributed by atoms with van der Waals surface area (Å²) in [5.41, 5.74) is 0. The fraction of sp³-hybridized carbons (Fsp3) is 0.882. The number of alkyl halides is 13. The summed E-state index contributed by atoms with van der Waals surface area (Å²) in [5, 5.41) is 9.15. The summed E-state index contributed by atoms with van der Waals surface area (Å²) in [4.78, 5) is 0. The Balaban J connectivity index is 5.33. The van der Waals surface area contributed by atoms with Gasteiger partial charge in [0.25, 0.3) is 0 Å². The minimum Gasteiger partial charge on any atom is -0.387 e. The monoisotopic (exact) mass is 488 g/mol. The third kappa shape index (κ3) is 5.78. The molecule has 1 unspecified atom stereocenters. The quantitative estimate of drug-likeness (QED) is 0.154. The molecule has 0 aromatic heterocycles. The predicted molar refractivity (Wildman–Crippen MR) is 83.9 cm³/mol. The molecule has 0 spiro atoms. The van der Waals surface area contributed by atoms with Crippen molar-refractivity contribution >= 4 is 0 Å². The Morgan fingerprint density at radius 2 is 0.968 bits per heavy atom. The summed E-state index contributed by atoms with van der Waals surface area (Å²) in [6.45, 7) is 3.47. The number of halogens is 13. The molecular formula is C17H21F13O. The topological polar surface area (TPSA) is 20.2 Å². The summed E-state index contributed by atoms with van der Waals surface area (Å²) in [6.07, 6.45) is -8.16. The molecule has 1 nitrogen and oxygen atoms in total. The van der Waals surface area contributed by atoms with Gasteiger partial charge in [0.2, 0.25) is 0 Å². The second kappa shape index (κ2) is 10.2. The van der Waals surface area contributed by atoms with Crippen molar-refractivity contribution < 1.29 is 62.2 Å². The Labute approximate surface area is 169 Å². The van der Waals surface area contributed by atoms with Gasteiger partial charge >= 0.3 is 35.8 Å². The summed E-state index contributed by atoms with van der Waals surface area (Å²) < 4.78 is 169. The third-order valence-corrected chi connectivity index (χ3v) is 4.51. The van der Waals surface area contributed by atoms with E-state index in [1.807, 2.05) is 0 Å². The number of allylic oxidation sites excluding steroid dienone is 1. The first-order chi connectivity index (χ1) is 13.7. The van der Waals surface area contributed by atoms with E-state index >= 15 is 0 Å². The van der Waals surface area contributed by atoms with Gasteiger partial charge in [0.05, 0.1) is 0 Å². The highest BCUT2D eigenvalue weighted by Gasteiger charge is 2.91. The van der Waals surface area contributed by atoms with Gasteiger partial charge in [-0.2, -0.15) is 57.1 Å².